The molecule has 2 rings (SSSR count). The summed E-state index contributed by atoms with van der Waals surface area (Å²) in [6.07, 6.45) is 1.74. The third-order valence-electron chi connectivity index (χ3n) is 4.73. The van der Waals surface area contributed by atoms with Gasteiger partial charge in [-0.2, -0.15) is 0 Å². The predicted octanol–water partition coefficient (Wildman–Crippen LogP) is 0.254. The third-order valence-corrected chi connectivity index (χ3v) is 7.27. The molecule has 0 aromatic rings. The maximum absolute atomic E-state index is 13.8. The van der Waals surface area contributed by atoms with Crippen molar-refractivity contribution in [1.29, 1.82) is 0 Å². The zero-order valence-electron chi connectivity index (χ0n) is 17.5. The molecule has 2 saturated heterocycles. The van der Waals surface area contributed by atoms with Crippen LogP contribution >= 0.6 is 7.67 Å². The fraction of sp³-hybridized carbons (Fsp3) is 0.882. The Kier molecular flexibility index (Phi) is 8.97. The van der Waals surface area contributed by atoms with E-state index >= 15 is 0 Å². The maximum atomic E-state index is 13.8. The number of ether oxygens (including phenoxy) is 3. The number of morpholine rings is 2. The van der Waals surface area contributed by atoms with Gasteiger partial charge in [0.05, 0.1) is 37.6 Å². The number of hydrogen-bond acceptors (Lipinski definition) is 6. The van der Waals surface area contributed by atoms with Gasteiger partial charge in [-0.15, -0.1) is 5.98 Å². The lowest BCUT2D eigenvalue weighted by Gasteiger charge is -2.43. The fourth-order valence-electron chi connectivity index (χ4n) is 3.65. The lowest BCUT2D eigenvalue weighted by Crippen LogP contribution is -2.49. The van der Waals surface area contributed by atoms with Gasteiger partial charge in [-0.1, -0.05) is 6.08 Å². The smallest absolute Gasteiger partial charge is 0.345 e. The number of methoxy groups -OCH3 is 1. The van der Waals surface area contributed by atoms with E-state index in [0.717, 1.165) is 13.1 Å². The van der Waals surface area contributed by atoms with Crippen molar-refractivity contribution >= 4 is 15.5 Å². The second-order valence-electron chi connectivity index (χ2n) is 7.57. The van der Waals surface area contributed by atoms with E-state index in [-0.39, 0.29) is 24.4 Å². The van der Waals surface area contributed by atoms with Crippen LogP contribution in [0.1, 0.15) is 6.92 Å². The summed E-state index contributed by atoms with van der Waals surface area (Å²) in [4.78, 5) is 2.22. The molecule has 2 aliphatic heterocycles. The molecule has 3 unspecified atom stereocenters. The van der Waals surface area contributed by atoms with Crippen molar-refractivity contribution < 1.29 is 23.3 Å². The maximum Gasteiger partial charge on any atom is 0.345 e. The number of likely N-dealkylation sites (N-methyl/N-ethyl adjacent to an activating group) is 1. The number of nitrogens with zero attached hydrogens (tertiary/aromatic N) is 3. The standard InChI is InChI=1S/C17H35BN3O5P/c1-14-8-20(4)9-16(25-14)13-24-27(22,19(2)3)21-10-15(6-7-18)26-17(11-21)12-23-5/h6-7,14-17H,8-13,18H2,1-5H3/b7-6+/t14-,15-,16?,17?,27?/m0/s1. The zero-order chi connectivity index (χ0) is 20.0. The van der Waals surface area contributed by atoms with Crippen molar-refractivity contribution in [2.75, 3.05) is 67.6 Å². The molecule has 0 spiro atoms. The first kappa shape index (κ1) is 23.0. The summed E-state index contributed by atoms with van der Waals surface area (Å²) in [5.41, 5.74) is 0. The first-order valence-corrected chi connectivity index (χ1v) is 11.1. The number of rotatable bonds is 8. The molecular weight excluding hydrogens is 368 g/mol. The highest BCUT2D eigenvalue weighted by atomic mass is 31.2. The Morgan fingerprint density at radius 2 is 1.89 bits per heavy atom. The molecule has 0 amide bonds. The van der Waals surface area contributed by atoms with Gasteiger partial charge in [0.25, 0.3) is 0 Å². The van der Waals surface area contributed by atoms with Crippen LogP contribution in [-0.4, -0.2) is 114 Å². The topological polar surface area (TPSA) is 63.7 Å². The van der Waals surface area contributed by atoms with Crippen molar-refractivity contribution in [3.63, 3.8) is 0 Å². The predicted molar refractivity (Wildman–Crippen MR) is 109 cm³/mol. The van der Waals surface area contributed by atoms with Gasteiger partial charge in [-0.05, 0) is 28.1 Å². The van der Waals surface area contributed by atoms with Crippen molar-refractivity contribution in [1.82, 2.24) is 14.2 Å². The molecule has 8 nitrogen and oxygen atoms in total. The number of hydrogen-bond donors (Lipinski definition) is 0. The SMILES string of the molecule is B/C=C/[C@H]1CN(P(=O)(OCC2CN(C)C[C@H](C)O2)N(C)C)CC(COC)O1. The van der Waals surface area contributed by atoms with Gasteiger partial charge in [-0.3, -0.25) is 4.57 Å². The minimum atomic E-state index is -3.20. The van der Waals surface area contributed by atoms with Crippen LogP contribution in [0.4, 0.5) is 0 Å². The molecule has 27 heavy (non-hydrogen) atoms. The van der Waals surface area contributed by atoms with Crippen LogP contribution in [0.25, 0.3) is 0 Å². The summed E-state index contributed by atoms with van der Waals surface area (Å²) in [5.74, 6) is 1.95. The van der Waals surface area contributed by atoms with Gasteiger partial charge >= 0.3 is 7.67 Å². The Morgan fingerprint density at radius 3 is 2.48 bits per heavy atom. The average Bonchev–Trinajstić information content (AvgIpc) is 2.59. The van der Waals surface area contributed by atoms with Crippen LogP contribution in [0.5, 0.6) is 0 Å². The molecule has 0 aliphatic carbocycles. The Bertz CT molecular complexity index is 529. The average molecular weight is 403 g/mol. The van der Waals surface area contributed by atoms with Crippen LogP contribution in [0, 0.1) is 0 Å². The molecule has 2 aliphatic rings. The summed E-state index contributed by atoms with van der Waals surface area (Å²) in [5, 5.41) is 0. The van der Waals surface area contributed by atoms with Crippen molar-refractivity contribution in [2.45, 2.75) is 31.3 Å². The fourth-order valence-corrected chi connectivity index (χ4v) is 5.67. The lowest BCUT2D eigenvalue weighted by atomic mass is 10.1. The summed E-state index contributed by atoms with van der Waals surface area (Å²) in [6.45, 7) is 5.48. The molecule has 0 N–H and O–H groups in total. The van der Waals surface area contributed by atoms with E-state index < -0.39 is 7.67 Å². The molecule has 2 heterocycles. The minimum Gasteiger partial charge on any atom is -0.382 e. The Labute approximate surface area is 164 Å². The molecule has 10 heteroatoms. The third kappa shape index (κ3) is 6.37. The van der Waals surface area contributed by atoms with Crippen LogP contribution < -0.4 is 0 Å². The van der Waals surface area contributed by atoms with Crippen LogP contribution in [0.15, 0.2) is 12.1 Å². The Balaban J connectivity index is 2.09. The molecule has 156 valence electrons. The lowest BCUT2D eigenvalue weighted by molar-refractivity contribution is -0.0916. The molecule has 0 radical (unpaired) electrons. The molecule has 0 aromatic carbocycles. The quantitative estimate of drug-likeness (QED) is 0.423. The van der Waals surface area contributed by atoms with E-state index in [2.05, 4.69) is 11.9 Å². The second kappa shape index (κ2) is 10.5. The highest BCUT2D eigenvalue weighted by Crippen LogP contribution is 2.53. The normalized spacial score (nSPS) is 33.6. The van der Waals surface area contributed by atoms with E-state index in [1.54, 1.807) is 25.9 Å². The molecular formula is C17H35BN3O5P. The van der Waals surface area contributed by atoms with Gasteiger partial charge in [0, 0.05) is 33.3 Å². The highest BCUT2D eigenvalue weighted by molar-refractivity contribution is 7.53. The van der Waals surface area contributed by atoms with E-state index in [4.69, 9.17) is 18.7 Å². The highest BCUT2D eigenvalue weighted by Gasteiger charge is 2.41. The van der Waals surface area contributed by atoms with E-state index in [1.165, 1.54) is 0 Å². The molecule has 0 saturated carbocycles. The molecule has 0 bridgehead atoms. The summed E-state index contributed by atoms with van der Waals surface area (Å²) in [6, 6.07) is 0. The first-order chi connectivity index (χ1) is 12.8. The van der Waals surface area contributed by atoms with Gasteiger partial charge in [0.15, 0.2) is 0 Å². The summed E-state index contributed by atoms with van der Waals surface area (Å²) >= 11 is 0. The van der Waals surface area contributed by atoms with Crippen molar-refractivity contribution in [3.05, 3.63) is 12.1 Å². The molecule has 0 aromatic heterocycles. The molecule has 2 fully saturated rings. The summed E-state index contributed by atoms with van der Waals surface area (Å²) in [7, 11) is 6.06. The van der Waals surface area contributed by atoms with Crippen molar-refractivity contribution in [3.8, 4) is 0 Å². The van der Waals surface area contributed by atoms with Gasteiger partial charge in [0.2, 0.25) is 0 Å². The monoisotopic (exact) mass is 403 g/mol. The summed E-state index contributed by atoms with van der Waals surface area (Å²) < 4.78 is 40.7. The molecule has 5 atom stereocenters. The van der Waals surface area contributed by atoms with E-state index in [0.29, 0.717) is 26.3 Å². The zero-order valence-corrected chi connectivity index (χ0v) is 18.4. The first-order valence-electron chi connectivity index (χ1n) is 9.57. The Morgan fingerprint density at radius 1 is 1.19 bits per heavy atom. The van der Waals surface area contributed by atoms with Crippen LogP contribution in [0.2, 0.25) is 0 Å². The second-order valence-corrected chi connectivity index (χ2v) is 10.2. The Hall–Kier alpha value is -0.245. The van der Waals surface area contributed by atoms with E-state index in [9.17, 15) is 4.57 Å². The van der Waals surface area contributed by atoms with Gasteiger partial charge < -0.3 is 23.6 Å². The minimum absolute atomic E-state index is 0.0887. The van der Waals surface area contributed by atoms with Crippen LogP contribution in [0.3, 0.4) is 0 Å². The van der Waals surface area contributed by atoms with Gasteiger partial charge in [0.1, 0.15) is 7.85 Å². The largest absolute Gasteiger partial charge is 0.382 e. The van der Waals surface area contributed by atoms with Crippen LogP contribution in [-0.2, 0) is 23.3 Å². The van der Waals surface area contributed by atoms with Crippen molar-refractivity contribution in [2.24, 2.45) is 0 Å². The van der Waals surface area contributed by atoms with Gasteiger partial charge in [-0.25, -0.2) is 9.34 Å². The van der Waals surface area contributed by atoms with E-state index in [1.807, 2.05) is 31.5 Å².